The lowest BCUT2D eigenvalue weighted by atomic mass is 10.1. The number of benzene rings is 2. The molecule has 0 saturated carbocycles. The van der Waals surface area contributed by atoms with E-state index in [-0.39, 0.29) is 11.8 Å². The van der Waals surface area contributed by atoms with Crippen molar-refractivity contribution in [1.82, 2.24) is 14.7 Å². The van der Waals surface area contributed by atoms with E-state index in [0.717, 1.165) is 38.3 Å². The molecule has 0 aromatic heterocycles. The Labute approximate surface area is 173 Å². The largest absolute Gasteiger partial charge is 0.340 e. The number of hydrogen-bond acceptors (Lipinski definition) is 3. The van der Waals surface area contributed by atoms with Gasteiger partial charge in [-0.2, -0.15) is 0 Å². The van der Waals surface area contributed by atoms with Crippen molar-refractivity contribution in [2.75, 3.05) is 32.7 Å². The first-order chi connectivity index (χ1) is 14.0. The van der Waals surface area contributed by atoms with Crippen molar-refractivity contribution in [3.8, 4) is 0 Å². The minimum atomic E-state index is 0.00647. The van der Waals surface area contributed by atoms with Crippen LogP contribution in [0.25, 0.3) is 0 Å². The van der Waals surface area contributed by atoms with Crippen molar-refractivity contribution in [3.63, 3.8) is 0 Å². The smallest absolute Gasteiger partial charge is 0.224 e. The maximum atomic E-state index is 12.7. The van der Waals surface area contributed by atoms with Gasteiger partial charge in [0, 0.05) is 59.2 Å². The second kappa shape index (κ2) is 10.2. The van der Waals surface area contributed by atoms with E-state index in [1.165, 1.54) is 11.1 Å². The first-order valence-corrected chi connectivity index (χ1v) is 10.4. The van der Waals surface area contributed by atoms with Gasteiger partial charge in [-0.15, -0.1) is 0 Å². The molecule has 0 spiro atoms. The SMILES string of the molecule is CC(=O)N(CCC(=O)N1CCN(Cc2ccccc2)CC1)Cc1cccc(C)c1. The number of piperazine rings is 1. The van der Waals surface area contributed by atoms with E-state index in [2.05, 4.69) is 35.2 Å². The minimum Gasteiger partial charge on any atom is -0.340 e. The van der Waals surface area contributed by atoms with E-state index in [1.54, 1.807) is 11.8 Å². The Hall–Kier alpha value is -2.66. The van der Waals surface area contributed by atoms with Crippen LogP contribution in [0.5, 0.6) is 0 Å². The Kier molecular flexibility index (Phi) is 7.42. The monoisotopic (exact) mass is 393 g/mol. The molecule has 29 heavy (non-hydrogen) atoms. The van der Waals surface area contributed by atoms with Gasteiger partial charge in [0.05, 0.1) is 0 Å². The first kappa shape index (κ1) is 21.1. The number of carbonyl (C=O) groups is 2. The number of aryl methyl sites for hydroxylation is 1. The van der Waals surface area contributed by atoms with E-state index in [4.69, 9.17) is 0 Å². The molecule has 1 heterocycles. The fourth-order valence-electron chi connectivity index (χ4n) is 3.76. The number of carbonyl (C=O) groups excluding carboxylic acids is 2. The highest BCUT2D eigenvalue weighted by molar-refractivity contribution is 5.78. The van der Waals surface area contributed by atoms with Crippen LogP contribution in [0.2, 0.25) is 0 Å². The molecule has 2 amide bonds. The summed E-state index contributed by atoms with van der Waals surface area (Å²) in [6.07, 6.45) is 0.379. The number of nitrogens with zero attached hydrogens (tertiary/aromatic N) is 3. The van der Waals surface area contributed by atoms with Gasteiger partial charge in [0.1, 0.15) is 0 Å². The zero-order valence-corrected chi connectivity index (χ0v) is 17.5. The lowest BCUT2D eigenvalue weighted by Gasteiger charge is -2.35. The molecule has 0 aliphatic carbocycles. The second-order valence-corrected chi connectivity index (χ2v) is 7.82. The molecule has 0 radical (unpaired) electrons. The Balaban J connectivity index is 1.45. The topological polar surface area (TPSA) is 43.9 Å². The average Bonchev–Trinajstić information content (AvgIpc) is 2.72. The van der Waals surface area contributed by atoms with Crippen LogP contribution in [-0.2, 0) is 22.7 Å². The molecule has 0 bridgehead atoms. The standard InChI is InChI=1S/C24H31N3O2/c1-20-7-6-10-23(17-20)19-27(21(2)28)12-11-24(29)26-15-13-25(14-16-26)18-22-8-4-3-5-9-22/h3-10,17H,11-16,18-19H2,1-2H3. The van der Waals surface area contributed by atoms with Gasteiger partial charge in [-0.05, 0) is 18.1 Å². The van der Waals surface area contributed by atoms with Crippen molar-refractivity contribution in [3.05, 3.63) is 71.3 Å². The predicted octanol–water partition coefficient (Wildman–Crippen LogP) is 3.08. The lowest BCUT2D eigenvalue weighted by molar-refractivity contribution is -0.135. The van der Waals surface area contributed by atoms with E-state index < -0.39 is 0 Å². The van der Waals surface area contributed by atoms with Crippen LogP contribution in [-0.4, -0.2) is 59.2 Å². The van der Waals surface area contributed by atoms with Crippen molar-refractivity contribution in [1.29, 1.82) is 0 Å². The second-order valence-electron chi connectivity index (χ2n) is 7.82. The van der Waals surface area contributed by atoms with E-state index in [9.17, 15) is 9.59 Å². The number of hydrogen-bond donors (Lipinski definition) is 0. The number of rotatable bonds is 7. The molecule has 154 valence electrons. The van der Waals surface area contributed by atoms with Crippen LogP contribution in [0.15, 0.2) is 54.6 Å². The molecule has 5 heteroatoms. The predicted molar refractivity (Wildman–Crippen MR) is 115 cm³/mol. The normalized spacial score (nSPS) is 14.6. The van der Waals surface area contributed by atoms with Gasteiger partial charge >= 0.3 is 0 Å². The highest BCUT2D eigenvalue weighted by atomic mass is 16.2. The molecule has 1 fully saturated rings. The molecule has 0 atom stereocenters. The van der Waals surface area contributed by atoms with Crippen LogP contribution >= 0.6 is 0 Å². The van der Waals surface area contributed by atoms with Crippen molar-refractivity contribution >= 4 is 11.8 Å². The molecule has 0 unspecified atom stereocenters. The van der Waals surface area contributed by atoms with Gasteiger partial charge in [-0.25, -0.2) is 0 Å². The summed E-state index contributed by atoms with van der Waals surface area (Å²) in [7, 11) is 0. The molecule has 2 aromatic carbocycles. The first-order valence-electron chi connectivity index (χ1n) is 10.4. The van der Waals surface area contributed by atoms with Gasteiger partial charge in [0.15, 0.2) is 0 Å². The molecule has 2 aromatic rings. The van der Waals surface area contributed by atoms with E-state index in [0.29, 0.717) is 19.5 Å². The summed E-state index contributed by atoms with van der Waals surface area (Å²) < 4.78 is 0. The summed E-state index contributed by atoms with van der Waals surface area (Å²) in [4.78, 5) is 30.8. The summed E-state index contributed by atoms with van der Waals surface area (Å²) in [5, 5.41) is 0. The van der Waals surface area contributed by atoms with Gasteiger partial charge in [-0.1, -0.05) is 60.2 Å². The van der Waals surface area contributed by atoms with Crippen molar-refractivity contribution in [2.24, 2.45) is 0 Å². The highest BCUT2D eigenvalue weighted by Crippen LogP contribution is 2.11. The third-order valence-corrected chi connectivity index (χ3v) is 5.47. The van der Waals surface area contributed by atoms with Crippen LogP contribution in [0.1, 0.15) is 30.0 Å². The maximum Gasteiger partial charge on any atom is 0.224 e. The fourth-order valence-corrected chi connectivity index (χ4v) is 3.76. The van der Waals surface area contributed by atoms with Gasteiger partial charge in [0.25, 0.3) is 0 Å². The zero-order chi connectivity index (χ0) is 20.6. The van der Waals surface area contributed by atoms with Crippen LogP contribution < -0.4 is 0 Å². The molecule has 1 saturated heterocycles. The van der Waals surface area contributed by atoms with E-state index in [1.807, 2.05) is 36.1 Å². The number of amides is 2. The third-order valence-electron chi connectivity index (χ3n) is 5.47. The third kappa shape index (κ3) is 6.43. The van der Waals surface area contributed by atoms with E-state index >= 15 is 0 Å². The quantitative estimate of drug-likeness (QED) is 0.726. The Morgan fingerprint density at radius 2 is 1.62 bits per heavy atom. The van der Waals surface area contributed by atoms with Crippen LogP contribution in [0.4, 0.5) is 0 Å². The molecular formula is C24H31N3O2. The fraction of sp³-hybridized carbons (Fsp3) is 0.417. The summed E-state index contributed by atoms with van der Waals surface area (Å²) in [6.45, 7) is 8.85. The Morgan fingerprint density at radius 1 is 0.931 bits per heavy atom. The van der Waals surface area contributed by atoms with Crippen molar-refractivity contribution < 1.29 is 9.59 Å². The van der Waals surface area contributed by atoms with Crippen molar-refractivity contribution in [2.45, 2.75) is 33.4 Å². The van der Waals surface area contributed by atoms with Crippen LogP contribution in [0.3, 0.4) is 0 Å². The summed E-state index contributed by atoms with van der Waals surface area (Å²) in [5.41, 5.74) is 3.58. The van der Waals surface area contributed by atoms with Gasteiger partial charge in [0.2, 0.25) is 11.8 Å². The highest BCUT2D eigenvalue weighted by Gasteiger charge is 2.22. The Bertz CT molecular complexity index is 814. The van der Waals surface area contributed by atoms with Gasteiger partial charge in [-0.3, -0.25) is 14.5 Å². The molecule has 3 rings (SSSR count). The molecular weight excluding hydrogens is 362 g/mol. The molecule has 5 nitrogen and oxygen atoms in total. The van der Waals surface area contributed by atoms with Gasteiger partial charge < -0.3 is 9.80 Å². The maximum absolute atomic E-state index is 12.7. The summed E-state index contributed by atoms with van der Waals surface area (Å²) in [6, 6.07) is 18.6. The molecule has 0 N–H and O–H groups in total. The lowest BCUT2D eigenvalue weighted by Crippen LogP contribution is -2.48. The summed E-state index contributed by atoms with van der Waals surface area (Å²) in [5.74, 6) is 0.145. The zero-order valence-electron chi connectivity index (χ0n) is 17.5. The minimum absolute atomic E-state index is 0.00647. The molecule has 1 aliphatic rings. The molecule has 1 aliphatic heterocycles. The average molecular weight is 394 g/mol. The Morgan fingerprint density at radius 3 is 2.28 bits per heavy atom. The summed E-state index contributed by atoms with van der Waals surface area (Å²) >= 11 is 0. The van der Waals surface area contributed by atoms with Crippen LogP contribution in [0, 0.1) is 6.92 Å².